The highest BCUT2D eigenvalue weighted by Crippen LogP contribution is 2.39. The summed E-state index contributed by atoms with van der Waals surface area (Å²) in [6.45, 7) is 0. The lowest BCUT2D eigenvalue weighted by atomic mass is 9.88. The molecule has 110 valence electrons. The van der Waals surface area contributed by atoms with Crippen molar-refractivity contribution < 1.29 is 0 Å². The van der Waals surface area contributed by atoms with E-state index in [1.54, 1.807) is 0 Å². The second-order valence-corrected chi connectivity index (χ2v) is 6.66. The average Bonchev–Trinajstić information content (AvgIpc) is 2.61. The Kier molecular flexibility index (Phi) is 5.52. The molecule has 0 aromatic heterocycles. The van der Waals surface area contributed by atoms with Crippen LogP contribution in [0.1, 0.15) is 11.1 Å². The van der Waals surface area contributed by atoms with Gasteiger partial charge in [-0.3, -0.25) is 0 Å². The zero-order valence-electron chi connectivity index (χ0n) is 12.1. The fourth-order valence-electron chi connectivity index (χ4n) is 2.78. The Hall–Kier alpha value is -0.880. The van der Waals surface area contributed by atoms with E-state index in [0.717, 1.165) is 8.86 Å². The van der Waals surface area contributed by atoms with Gasteiger partial charge in [-0.1, -0.05) is 118 Å². The summed E-state index contributed by atoms with van der Waals surface area (Å²) in [7, 11) is 0. The van der Waals surface area contributed by atoms with E-state index < -0.39 is 0 Å². The number of hydrogen-bond donors (Lipinski definition) is 0. The molecule has 0 spiro atoms. The molecule has 0 fully saturated rings. The first-order chi connectivity index (χ1) is 10.8. The van der Waals surface area contributed by atoms with Crippen molar-refractivity contribution in [2.45, 2.75) is 8.86 Å². The second-order valence-electron chi connectivity index (χ2n) is 5.13. The highest BCUT2D eigenvalue weighted by molar-refractivity contribution is 14.1. The number of hydrogen-bond acceptors (Lipinski definition) is 0. The van der Waals surface area contributed by atoms with Crippen LogP contribution in [0.25, 0.3) is 22.3 Å². The molecule has 0 unspecified atom stereocenters. The zero-order chi connectivity index (χ0) is 15.4. The number of benzene rings is 3. The fraction of sp³-hybridized carbons (Fsp3) is 0.100. The maximum Gasteiger partial charge on any atom is 0.0253 e. The van der Waals surface area contributed by atoms with Crippen molar-refractivity contribution in [3.8, 4) is 22.3 Å². The highest BCUT2D eigenvalue weighted by Gasteiger charge is 2.15. The Labute approximate surface area is 159 Å². The zero-order valence-corrected chi connectivity index (χ0v) is 16.4. The smallest absolute Gasteiger partial charge is 0.0253 e. The standard InChI is InChI=1S/C20H16I2/c21-13-17-11-12-18(14-22)20(16-9-5-2-6-10-16)19(17)15-7-3-1-4-8-15/h1-12H,13-14H2. The second kappa shape index (κ2) is 7.59. The molecule has 2 heteroatoms. The summed E-state index contributed by atoms with van der Waals surface area (Å²) in [6.07, 6.45) is 0. The molecule has 0 nitrogen and oxygen atoms in total. The summed E-state index contributed by atoms with van der Waals surface area (Å²) in [4.78, 5) is 0. The Balaban J connectivity index is 2.35. The monoisotopic (exact) mass is 510 g/mol. The molecule has 22 heavy (non-hydrogen) atoms. The van der Waals surface area contributed by atoms with Gasteiger partial charge in [0, 0.05) is 8.86 Å². The molecule has 0 saturated heterocycles. The van der Waals surface area contributed by atoms with Crippen molar-refractivity contribution in [2.24, 2.45) is 0 Å². The van der Waals surface area contributed by atoms with Gasteiger partial charge in [0.15, 0.2) is 0 Å². The minimum atomic E-state index is 1.02. The van der Waals surface area contributed by atoms with Crippen molar-refractivity contribution in [1.82, 2.24) is 0 Å². The van der Waals surface area contributed by atoms with Crippen molar-refractivity contribution in [1.29, 1.82) is 0 Å². The van der Waals surface area contributed by atoms with E-state index in [1.807, 2.05) is 0 Å². The molecule has 3 rings (SSSR count). The lowest BCUT2D eigenvalue weighted by molar-refractivity contribution is 1.37. The van der Waals surface area contributed by atoms with Gasteiger partial charge in [0.25, 0.3) is 0 Å². The maximum absolute atomic E-state index is 2.46. The van der Waals surface area contributed by atoms with E-state index in [4.69, 9.17) is 0 Å². The van der Waals surface area contributed by atoms with Crippen LogP contribution in [0.5, 0.6) is 0 Å². The summed E-state index contributed by atoms with van der Waals surface area (Å²) in [5, 5.41) is 0. The van der Waals surface area contributed by atoms with Crippen LogP contribution in [0.2, 0.25) is 0 Å². The van der Waals surface area contributed by atoms with Crippen LogP contribution < -0.4 is 0 Å². The molecule has 0 atom stereocenters. The molecule has 0 bridgehead atoms. The molecule has 0 radical (unpaired) electrons. The Bertz CT molecular complexity index is 683. The third-order valence-electron chi connectivity index (χ3n) is 3.79. The van der Waals surface area contributed by atoms with Gasteiger partial charge in [0.05, 0.1) is 0 Å². The topological polar surface area (TPSA) is 0 Å². The first-order valence-electron chi connectivity index (χ1n) is 7.22. The van der Waals surface area contributed by atoms with Gasteiger partial charge in [0.1, 0.15) is 0 Å². The number of rotatable bonds is 4. The molecule has 0 amide bonds. The average molecular weight is 510 g/mol. The van der Waals surface area contributed by atoms with Crippen molar-refractivity contribution >= 4 is 45.2 Å². The maximum atomic E-state index is 2.46. The first kappa shape index (κ1) is 16.0. The largest absolute Gasteiger partial charge is 0.0812 e. The van der Waals surface area contributed by atoms with E-state index >= 15 is 0 Å². The van der Waals surface area contributed by atoms with Crippen molar-refractivity contribution in [3.63, 3.8) is 0 Å². The number of alkyl halides is 2. The highest BCUT2D eigenvalue weighted by atomic mass is 127. The summed E-state index contributed by atoms with van der Waals surface area (Å²) >= 11 is 4.93. The minimum absolute atomic E-state index is 1.02. The van der Waals surface area contributed by atoms with Crippen LogP contribution in [0.4, 0.5) is 0 Å². The molecule has 3 aromatic carbocycles. The van der Waals surface area contributed by atoms with Crippen LogP contribution in [0, 0.1) is 0 Å². The number of halogens is 2. The minimum Gasteiger partial charge on any atom is -0.0812 e. The van der Waals surface area contributed by atoms with E-state index in [2.05, 4.69) is 118 Å². The Morgan fingerprint density at radius 1 is 0.500 bits per heavy atom. The van der Waals surface area contributed by atoms with Crippen molar-refractivity contribution in [2.75, 3.05) is 0 Å². The van der Waals surface area contributed by atoms with Gasteiger partial charge in [-0.05, 0) is 33.4 Å². The summed E-state index contributed by atoms with van der Waals surface area (Å²) in [5.41, 5.74) is 8.18. The summed E-state index contributed by atoms with van der Waals surface area (Å²) in [5.74, 6) is 0. The van der Waals surface area contributed by atoms with Gasteiger partial charge in [0.2, 0.25) is 0 Å². The van der Waals surface area contributed by atoms with Gasteiger partial charge >= 0.3 is 0 Å². The van der Waals surface area contributed by atoms with E-state index in [1.165, 1.54) is 33.4 Å². The van der Waals surface area contributed by atoms with Gasteiger partial charge in [-0.2, -0.15) is 0 Å². The third-order valence-corrected chi connectivity index (χ3v) is 5.43. The predicted octanol–water partition coefficient (Wildman–Crippen LogP) is 6.89. The molecule has 0 saturated carbocycles. The van der Waals surface area contributed by atoms with Gasteiger partial charge < -0.3 is 0 Å². The van der Waals surface area contributed by atoms with E-state index in [9.17, 15) is 0 Å². The third kappa shape index (κ3) is 3.23. The van der Waals surface area contributed by atoms with Crippen LogP contribution in [-0.2, 0) is 8.86 Å². The molecular formula is C20H16I2. The lowest BCUT2D eigenvalue weighted by Gasteiger charge is -2.18. The Morgan fingerprint density at radius 2 is 0.864 bits per heavy atom. The van der Waals surface area contributed by atoms with Crippen LogP contribution in [-0.4, -0.2) is 0 Å². The van der Waals surface area contributed by atoms with Crippen LogP contribution in [0.3, 0.4) is 0 Å². The SMILES string of the molecule is ICc1ccc(CI)c(-c2ccccc2)c1-c1ccccc1. The normalized spacial score (nSPS) is 10.6. The predicted molar refractivity (Wildman–Crippen MR) is 113 cm³/mol. The molecule has 0 N–H and O–H groups in total. The lowest BCUT2D eigenvalue weighted by Crippen LogP contribution is -1.96. The van der Waals surface area contributed by atoms with Gasteiger partial charge in [-0.15, -0.1) is 0 Å². The van der Waals surface area contributed by atoms with E-state index in [-0.39, 0.29) is 0 Å². The fourth-order valence-corrected chi connectivity index (χ4v) is 4.05. The molecular weight excluding hydrogens is 494 g/mol. The molecule has 0 aliphatic heterocycles. The van der Waals surface area contributed by atoms with Crippen LogP contribution in [0.15, 0.2) is 72.8 Å². The van der Waals surface area contributed by atoms with Crippen LogP contribution >= 0.6 is 45.2 Å². The first-order valence-corrected chi connectivity index (χ1v) is 10.3. The molecule has 0 aliphatic carbocycles. The quantitative estimate of drug-likeness (QED) is 0.265. The molecule has 3 aromatic rings. The Morgan fingerprint density at radius 3 is 1.18 bits per heavy atom. The molecule has 0 aliphatic rings. The van der Waals surface area contributed by atoms with Crippen molar-refractivity contribution in [3.05, 3.63) is 83.9 Å². The van der Waals surface area contributed by atoms with E-state index in [0.29, 0.717) is 0 Å². The molecule has 0 heterocycles. The van der Waals surface area contributed by atoms with Gasteiger partial charge in [-0.25, -0.2) is 0 Å². The summed E-state index contributed by atoms with van der Waals surface area (Å²) < 4.78 is 2.03. The summed E-state index contributed by atoms with van der Waals surface area (Å²) in [6, 6.07) is 26.1.